The van der Waals surface area contributed by atoms with Gasteiger partial charge in [0.15, 0.2) is 17.3 Å². The molecule has 0 aliphatic heterocycles. The van der Waals surface area contributed by atoms with E-state index < -0.39 is 11.8 Å². The average Bonchev–Trinajstić information content (AvgIpc) is 2.59. The molecule has 0 radical (unpaired) electrons. The fourth-order valence-electron chi connectivity index (χ4n) is 2.23. The zero-order valence-corrected chi connectivity index (χ0v) is 13.0. The number of benzene rings is 2. The number of carboxylic acids is 1. The fourth-order valence-corrected chi connectivity index (χ4v) is 2.23. The second-order valence-corrected chi connectivity index (χ2v) is 4.59. The van der Waals surface area contributed by atoms with Crippen LogP contribution in [0.2, 0.25) is 0 Å². The standard InChI is InChI=1S/C17H16O6/c1-21-11-6-4-10(5-7-11)15(18)12-8-9-13(22-2)16(23-3)14(12)17(19)20/h4-9H,1-3H3,(H,19,20). The number of hydrogen-bond acceptors (Lipinski definition) is 5. The Hall–Kier alpha value is -3.02. The van der Waals surface area contributed by atoms with E-state index in [1.165, 1.54) is 33.5 Å². The van der Waals surface area contributed by atoms with Crippen molar-refractivity contribution in [1.82, 2.24) is 0 Å². The minimum Gasteiger partial charge on any atom is -0.497 e. The van der Waals surface area contributed by atoms with Gasteiger partial charge in [0, 0.05) is 11.1 Å². The van der Waals surface area contributed by atoms with Crippen LogP contribution in [-0.4, -0.2) is 38.2 Å². The van der Waals surface area contributed by atoms with Crippen molar-refractivity contribution in [1.29, 1.82) is 0 Å². The second kappa shape index (κ2) is 6.83. The Morgan fingerprint density at radius 3 is 2.00 bits per heavy atom. The van der Waals surface area contributed by atoms with Crippen LogP contribution in [-0.2, 0) is 0 Å². The predicted molar refractivity (Wildman–Crippen MR) is 82.9 cm³/mol. The van der Waals surface area contributed by atoms with Crippen molar-refractivity contribution in [3.05, 3.63) is 53.1 Å². The van der Waals surface area contributed by atoms with Gasteiger partial charge >= 0.3 is 5.97 Å². The van der Waals surface area contributed by atoms with Gasteiger partial charge in [0.25, 0.3) is 0 Å². The summed E-state index contributed by atoms with van der Waals surface area (Å²) in [6.45, 7) is 0. The quantitative estimate of drug-likeness (QED) is 0.825. The summed E-state index contributed by atoms with van der Waals surface area (Å²) in [6.07, 6.45) is 0. The van der Waals surface area contributed by atoms with Crippen molar-refractivity contribution in [3.63, 3.8) is 0 Å². The highest BCUT2D eigenvalue weighted by atomic mass is 16.5. The minimum absolute atomic E-state index is 0.0133. The summed E-state index contributed by atoms with van der Waals surface area (Å²) in [4.78, 5) is 24.2. The first kappa shape index (κ1) is 16.4. The highest BCUT2D eigenvalue weighted by Crippen LogP contribution is 2.34. The number of ether oxygens (including phenoxy) is 3. The molecule has 23 heavy (non-hydrogen) atoms. The molecule has 6 heteroatoms. The van der Waals surface area contributed by atoms with E-state index in [2.05, 4.69) is 0 Å². The monoisotopic (exact) mass is 316 g/mol. The molecule has 0 bridgehead atoms. The molecule has 6 nitrogen and oxygen atoms in total. The molecule has 2 aromatic carbocycles. The zero-order chi connectivity index (χ0) is 17.0. The van der Waals surface area contributed by atoms with E-state index in [-0.39, 0.29) is 22.6 Å². The molecule has 0 atom stereocenters. The van der Waals surface area contributed by atoms with Gasteiger partial charge in [-0.3, -0.25) is 4.79 Å². The van der Waals surface area contributed by atoms with Crippen molar-refractivity contribution in [3.8, 4) is 17.2 Å². The minimum atomic E-state index is -1.27. The summed E-state index contributed by atoms with van der Waals surface area (Å²) < 4.78 is 15.2. The third-order valence-corrected chi connectivity index (χ3v) is 3.36. The number of methoxy groups -OCH3 is 3. The van der Waals surface area contributed by atoms with Crippen LogP contribution in [0.15, 0.2) is 36.4 Å². The number of hydrogen-bond donors (Lipinski definition) is 1. The number of carbonyl (C=O) groups excluding carboxylic acids is 1. The molecule has 2 rings (SSSR count). The summed E-state index contributed by atoms with van der Waals surface area (Å²) >= 11 is 0. The molecule has 0 saturated heterocycles. The first-order chi connectivity index (χ1) is 11.0. The molecular formula is C17H16O6. The maximum atomic E-state index is 12.6. The van der Waals surface area contributed by atoms with Gasteiger partial charge in [-0.15, -0.1) is 0 Å². The Morgan fingerprint density at radius 1 is 0.870 bits per heavy atom. The van der Waals surface area contributed by atoms with Crippen molar-refractivity contribution in [2.24, 2.45) is 0 Å². The van der Waals surface area contributed by atoms with Gasteiger partial charge in [0.05, 0.1) is 21.3 Å². The first-order valence-electron chi connectivity index (χ1n) is 6.70. The number of carboxylic acid groups (broad SMARTS) is 1. The van der Waals surface area contributed by atoms with E-state index in [4.69, 9.17) is 14.2 Å². The lowest BCUT2D eigenvalue weighted by Gasteiger charge is -2.13. The molecule has 0 amide bonds. The first-order valence-corrected chi connectivity index (χ1v) is 6.70. The highest BCUT2D eigenvalue weighted by Gasteiger charge is 2.25. The van der Waals surface area contributed by atoms with Crippen LogP contribution in [0.25, 0.3) is 0 Å². The topological polar surface area (TPSA) is 82.1 Å². The number of rotatable bonds is 6. The van der Waals surface area contributed by atoms with Gasteiger partial charge < -0.3 is 19.3 Å². The number of ketones is 1. The zero-order valence-electron chi connectivity index (χ0n) is 13.0. The van der Waals surface area contributed by atoms with Crippen molar-refractivity contribution in [2.75, 3.05) is 21.3 Å². The van der Waals surface area contributed by atoms with Crippen molar-refractivity contribution >= 4 is 11.8 Å². The Kier molecular flexibility index (Phi) is 4.85. The molecular weight excluding hydrogens is 300 g/mol. The molecule has 0 aromatic heterocycles. The van der Waals surface area contributed by atoms with Crippen LogP contribution >= 0.6 is 0 Å². The normalized spacial score (nSPS) is 10.0. The van der Waals surface area contributed by atoms with Gasteiger partial charge in [0.2, 0.25) is 0 Å². The maximum absolute atomic E-state index is 12.6. The van der Waals surface area contributed by atoms with Gasteiger partial charge in [-0.1, -0.05) is 0 Å². The van der Waals surface area contributed by atoms with Crippen molar-refractivity contribution < 1.29 is 28.9 Å². The predicted octanol–water partition coefficient (Wildman–Crippen LogP) is 2.64. The average molecular weight is 316 g/mol. The SMILES string of the molecule is COc1ccc(C(=O)c2ccc(OC)c(OC)c2C(=O)O)cc1. The molecule has 0 aliphatic rings. The van der Waals surface area contributed by atoms with E-state index in [1.54, 1.807) is 24.3 Å². The molecule has 1 N–H and O–H groups in total. The molecule has 2 aromatic rings. The summed E-state index contributed by atoms with van der Waals surface area (Å²) in [6, 6.07) is 9.33. The second-order valence-electron chi connectivity index (χ2n) is 4.59. The van der Waals surface area contributed by atoms with Gasteiger partial charge in [-0.2, -0.15) is 0 Å². The lowest BCUT2D eigenvalue weighted by atomic mass is 9.97. The Labute approximate surface area is 133 Å². The smallest absolute Gasteiger partial charge is 0.340 e. The largest absolute Gasteiger partial charge is 0.497 e. The van der Waals surface area contributed by atoms with Crippen LogP contribution in [0.1, 0.15) is 26.3 Å². The molecule has 0 heterocycles. The number of carbonyl (C=O) groups is 2. The van der Waals surface area contributed by atoms with Crippen LogP contribution in [0.5, 0.6) is 17.2 Å². The van der Waals surface area contributed by atoms with E-state index in [9.17, 15) is 14.7 Å². The summed E-state index contributed by atoms with van der Waals surface area (Å²) in [7, 11) is 4.24. The summed E-state index contributed by atoms with van der Waals surface area (Å²) in [5, 5.41) is 9.47. The van der Waals surface area contributed by atoms with Crippen molar-refractivity contribution in [2.45, 2.75) is 0 Å². The molecule has 0 aliphatic carbocycles. The van der Waals surface area contributed by atoms with Gasteiger partial charge in [-0.25, -0.2) is 4.79 Å². The van der Waals surface area contributed by atoms with Gasteiger partial charge in [-0.05, 0) is 36.4 Å². The summed E-state index contributed by atoms with van der Waals surface area (Å²) in [5.74, 6) is -0.827. The third kappa shape index (κ3) is 3.11. The van der Waals surface area contributed by atoms with E-state index in [1.807, 2.05) is 0 Å². The Balaban J connectivity index is 2.57. The Bertz CT molecular complexity index is 733. The molecule has 0 saturated carbocycles. The fraction of sp³-hybridized carbons (Fsp3) is 0.176. The molecule has 0 spiro atoms. The van der Waals surface area contributed by atoms with E-state index in [0.717, 1.165) is 0 Å². The maximum Gasteiger partial charge on any atom is 0.340 e. The lowest BCUT2D eigenvalue weighted by Crippen LogP contribution is -2.12. The van der Waals surface area contributed by atoms with E-state index >= 15 is 0 Å². The van der Waals surface area contributed by atoms with Gasteiger partial charge in [0.1, 0.15) is 11.3 Å². The van der Waals surface area contributed by atoms with Crippen LogP contribution in [0.3, 0.4) is 0 Å². The van der Waals surface area contributed by atoms with Crippen LogP contribution in [0, 0.1) is 0 Å². The lowest BCUT2D eigenvalue weighted by molar-refractivity contribution is 0.0688. The summed E-state index contributed by atoms with van der Waals surface area (Å²) in [5.41, 5.74) is 0.147. The number of aromatic carboxylic acids is 1. The third-order valence-electron chi connectivity index (χ3n) is 3.36. The highest BCUT2D eigenvalue weighted by molar-refractivity contribution is 6.15. The molecule has 120 valence electrons. The molecule has 0 fully saturated rings. The van der Waals surface area contributed by atoms with Crippen LogP contribution in [0.4, 0.5) is 0 Å². The van der Waals surface area contributed by atoms with E-state index in [0.29, 0.717) is 11.3 Å². The molecule has 0 unspecified atom stereocenters. The van der Waals surface area contributed by atoms with Crippen LogP contribution < -0.4 is 14.2 Å². The Morgan fingerprint density at radius 2 is 1.52 bits per heavy atom.